The summed E-state index contributed by atoms with van der Waals surface area (Å²) in [4.78, 5) is 0. The molecule has 1 aliphatic heterocycles. The third kappa shape index (κ3) is 4.07. The van der Waals surface area contributed by atoms with Crippen LogP contribution >= 0.6 is 0 Å². The molecule has 0 aromatic heterocycles. The van der Waals surface area contributed by atoms with Crippen LogP contribution in [0.3, 0.4) is 0 Å². The minimum Gasteiger partial charge on any atom is -0.393 e. The highest BCUT2D eigenvalue weighted by Gasteiger charge is 2.21. The van der Waals surface area contributed by atoms with Crippen LogP contribution in [0.5, 0.6) is 0 Å². The third-order valence-corrected chi connectivity index (χ3v) is 3.04. The monoisotopic (exact) mass is 252 g/mol. The highest BCUT2D eigenvalue weighted by molar-refractivity contribution is 5.17. The van der Waals surface area contributed by atoms with Crippen LogP contribution in [-0.4, -0.2) is 35.8 Å². The summed E-state index contributed by atoms with van der Waals surface area (Å²) in [5.74, 6) is 0. The minimum atomic E-state index is -0.648. The Morgan fingerprint density at radius 1 is 1.11 bits per heavy atom. The quantitative estimate of drug-likeness (QED) is 0.836. The first kappa shape index (κ1) is 13.5. The van der Waals surface area contributed by atoms with Crippen LogP contribution in [0.1, 0.15) is 30.9 Å². The molecule has 1 aromatic rings. The fraction of sp³-hybridized carbons (Fsp3) is 0.571. The third-order valence-electron chi connectivity index (χ3n) is 3.04. The molecule has 2 atom stereocenters. The molecule has 0 spiro atoms. The number of hydrogen-bond acceptors (Lipinski definition) is 4. The van der Waals surface area contributed by atoms with Gasteiger partial charge < -0.3 is 19.7 Å². The fourth-order valence-electron chi connectivity index (χ4n) is 2.06. The molecule has 0 aliphatic carbocycles. The molecule has 1 aromatic carbocycles. The van der Waals surface area contributed by atoms with Gasteiger partial charge in [0.05, 0.1) is 25.4 Å². The van der Waals surface area contributed by atoms with Crippen molar-refractivity contribution in [3.8, 4) is 0 Å². The van der Waals surface area contributed by atoms with E-state index in [1.54, 1.807) is 0 Å². The zero-order valence-electron chi connectivity index (χ0n) is 10.4. The largest absolute Gasteiger partial charge is 0.393 e. The average molecular weight is 252 g/mol. The van der Waals surface area contributed by atoms with Crippen LogP contribution in [0.4, 0.5) is 0 Å². The van der Waals surface area contributed by atoms with Gasteiger partial charge in [0.15, 0.2) is 6.29 Å². The molecule has 2 N–H and O–H groups in total. The lowest BCUT2D eigenvalue weighted by Gasteiger charge is -2.26. The molecule has 4 nitrogen and oxygen atoms in total. The molecule has 0 unspecified atom stereocenters. The number of ether oxygens (including phenoxy) is 2. The molecule has 0 saturated carbocycles. The lowest BCUT2D eigenvalue weighted by Crippen LogP contribution is -2.29. The predicted molar refractivity (Wildman–Crippen MR) is 67.0 cm³/mol. The molecule has 1 aliphatic rings. The molecule has 100 valence electrons. The Kier molecular flexibility index (Phi) is 5.13. The molecule has 2 rings (SSSR count). The van der Waals surface area contributed by atoms with E-state index in [4.69, 9.17) is 9.47 Å². The topological polar surface area (TPSA) is 58.9 Å². The van der Waals surface area contributed by atoms with Crippen LogP contribution in [0.25, 0.3) is 0 Å². The Morgan fingerprint density at radius 3 is 2.44 bits per heavy atom. The number of rotatable bonds is 5. The summed E-state index contributed by atoms with van der Waals surface area (Å²) in [5.41, 5.74) is 0.821. The fourth-order valence-corrected chi connectivity index (χ4v) is 2.06. The number of aliphatic hydroxyl groups is 2. The first-order valence-corrected chi connectivity index (χ1v) is 6.40. The molecule has 0 bridgehead atoms. The summed E-state index contributed by atoms with van der Waals surface area (Å²) in [6.07, 6.45) is 0.000854. The first-order chi connectivity index (χ1) is 8.75. The van der Waals surface area contributed by atoms with E-state index in [1.807, 2.05) is 30.3 Å². The minimum absolute atomic E-state index is 0.299. The Morgan fingerprint density at radius 2 is 1.78 bits per heavy atom. The van der Waals surface area contributed by atoms with Crippen molar-refractivity contribution in [2.75, 3.05) is 13.2 Å². The zero-order chi connectivity index (χ0) is 12.8. The van der Waals surface area contributed by atoms with E-state index < -0.39 is 12.2 Å². The first-order valence-electron chi connectivity index (χ1n) is 6.40. The van der Waals surface area contributed by atoms with Gasteiger partial charge in [0.1, 0.15) is 0 Å². The van der Waals surface area contributed by atoms with Gasteiger partial charge in [-0.15, -0.1) is 0 Å². The summed E-state index contributed by atoms with van der Waals surface area (Å²) in [5, 5.41) is 19.9. The molecular weight excluding hydrogens is 232 g/mol. The van der Waals surface area contributed by atoms with Crippen LogP contribution in [-0.2, 0) is 9.47 Å². The van der Waals surface area contributed by atoms with E-state index in [9.17, 15) is 10.2 Å². The van der Waals surface area contributed by atoms with Crippen molar-refractivity contribution in [2.45, 2.75) is 37.8 Å². The van der Waals surface area contributed by atoms with Gasteiger partial charge in [0, 0.05) is 12.8 Å². The molecule has 18 heavy (non-hydrogen) atoms. The van der Waals surface area contributed by atoms with E-state index in [0.29, 0.717) is 26.1 Å². The lowest BCUT2D eigenvalue weighted by atomic mass is 10.0. The van der Waals surface area contributed by atoms with E-state index in [0.717, 1.165) is 12.0 Å². The smallest absolute Gasteiger partial charge is 0.160 e. The summed E-state index contributed by atoms with van der Waals surface area (Å²) >= 11 is 0. The standard InChI is InChI=1S/C14H20O4/c15-12(10-14-17-7-4-8-18-14)9-13(16)11-5-2-1-3-6-11/h1-3,5-6,12-16H,4,7-10H2/t12-,13+/m1/s1. The van der Waals surface area contributed by atoms with Gasteiger partial charge in [-0.05, 0) is 12.0 Å². The van der Waals surface area contributed by atoms with Gasteiger partial charge in [-0.3, -0.25) is 0 Å². The average Bonchev–Trinajstić information content (AvgIpc) is 2.40. The van der Waals surface area contributed by atoms with E-state index in [1.165, 1.54) is 0 Å². The van der Waals surface area contributed by atoms with Crippen molar-refractivity contribution >= 4 is 0 Å². The maximum atomic E-state index is 9.98. The van der Waals surface area contributed by atoms with Gasteiger partial charge in [-0.2, -0.15) is 0 Å². The predicted octanol–water partition coefficient (Wildman–Crippen LogP) is 1.62. The van der Waals surface area contributed by atoms with Gasteiger partial charge in [-0.25, -0.2) is 0 Å². The second-order valence-corrected chi connectivity index (χ2v) is 4.58. The molecule has 1 fully saturated rings. The highest BCUT2D eigenvalue weighted by Crippen LogP contribution is 2.21. The Bertz CT molecular complexity index is 335. The van der Waals surface area contributed by atoms with Crippen LogP contribution < -0.4 is 0 Å². The van der Waals surface area contributed by atoms with Crippen molar-refractivity contribution < 1.29 is 19.7 Å². The van der Waals surface area contributed by atoms with E-state index >= 15 is 0 Å². The van der Waals surface area contributed by atoms with Crippen molar-refractivity contribution in [2.24, 2.45) is 0 Å². The van der Waals surface area contributed by atoms with Crippen LogP contribution in [0, 0.1) is 0 Å². The van der Waals surface area contributed by atoms with Crippen molar-refractivity contribution in [1.82, 2.24) is 0 Å². The van der Waals surface area contributed by atoms with Gasteiger partial charge in [0.2, 0.25) is 0 Å². The molecule has 4 heteroatoms. The highest BCUT2D eigenvalue weighted by atomic mass is 16.7. The van der Waals surface area contributed by atoms with Crippen molar-refractivity contribution in [3.63, 3.8) is 0 Å². The molecule has 0 amide bonds. The summed E-state index contributed by atoms with van der Waals surface area (Å²) in [7, 11) is 0. The molecule has 1 saturated heterocycles. The Balaban J connectivity index is 1.78. The van der Waals surface area contributed by atoms with E-state index in [2.05, 4.69) is 0 Å². The summed E-state index contributed by atoms with van der Waals surface area (Å²) in [6.45, 7) is 1.36. The second kappa shape index (κ2) is 6.85. The maximum absolute atomic E-state index is 9.98. The number of aliphatic hydroxyl groups excluding tert-OH is 2. The summed E-state index contributed by atoms with van der Waals surface area (Å²) < 4.78 is 10.7. The lowest BCUT2D eigenvalue weighted by molar-refractivity contribution is -0.192. The van der Waals surface area contributed by atoms with Gasteiger partial charge >= 0.3 is 0 Å². The van der Waals surface area contributed by atoms with Crippen molar-refractivity contribution in [1.29, 1.82) is 0 Å². The zero-order valence-corrected chi connectivity index (χ0v) is 10.4. The Labute approximate surface area is 107 Å². The number of benzene rings is 1. The maximum Gasteiger partial charge on any atom is 0.160 e. The second-order valence-electron chi connectivity index (χ2n) is 4.58. The SMILES string of the molecule is O[C@@H](CC1OCCCO1)C[C@H](O)c1ccccc1. The molecule has 0 radical (unpaired) electrons. The Hall–Kier alpha value is -0.940. The van der Waals surface area contributed by atoms with Crippen LogP contribution in [0.15, 0.2) is 30.3 Å². The number of hydrogen-bond donors (Lipinski definition) is 2. The van der Waals surface area contributed by atoms with E-state index in [-0.39, 0.29) is 6.29 Å². The normalized spacial score (nSPS) is 20.6. The summed E-state index contributed by atoms with van der Waals surface area (Å²) in [6, 6.07) is 9.35. The molecule has 1 heterocycles. The van der Waals surface area contributed by atoms with Crippen LogP contribution in [0.2, 0.25) is 0 Å². The van der Waals surface area contributed by atoms with Gasteiger partial charge in [-0.1, -0.05) is 30.3 Å². The molecular formula is C14H20O4. The van der Waals surface area contributed by atoms with Gasteiger partial charge in [0.25, 0.3) is 0 Å². The van der Waals surface area contributed by atoms with Crippen molar-refractivity contribution in [3.05, 3.63) is 35.9 Å².